The van der Waals surface area contributed by atoms with E-state index in [4.69, 9.17) is 0 Å². The number of fused-ring (bicyclic) bond motifs is 6. The predicted octanol–water partition coefficient (Wildman–Crippen LogP) is 15.2. The van der Waals surface area contributed by atoms with E-state index in [1.807, 2.05) is 11.3 Å². The lowest BCUT2D eigenvalue weighted by molar-refractivity contribution is 0.768. The van der Waals surface area contributed by atoms with Crippen LogP contribution in [0.4, 0.5) is 17.1 Å². The largest absolute Gasteiger partial charge is 0.310 e. The summed E-state index contributed by atoms with van der Waals surface area (Å²) in [6.07, 6.45) is 0. The van der Waals surface area contributed by atoms with Crippen LogP contribution in [0.3, 0.4) is 0 Å². The zero-order valence-electron chi connectivity index (χ0n) is 31.2. The molecule has 1 aromatic heterocycles. The van der Waals surface area contributed by atoms with E-state index in [0.29, 0.717) is 0 Å². The van der Waals surface area contributed by atoms with Crippen LogP contribution in [0.2, 0.25) is 0 Å². The van der Waals surface area contributed by atoms with Gasteiger partial charge in [0.1, 0.15) is 0 Å². The molecule has 57 heavy (non-hydrogen) atoms. The fraction of sp³-hybridized carbons (Fsp3) is 0.0182. The highest BCUT2D eigenvalue weighted by Gasteiger charge is 2.46. The molecule has 0 radical (unpaired) electrons. The van der Waals surface area contributed by atoms with Gasteiger partial charge in [-0.3, -0.25) is 0 Å². The van der Waals surface area contributed by atoms with Gasteiger partial charge < -0.3 is 4.90 Å². The first-order valence-electron chi connectivity index (χ1n) is 19.6. The van der Waals surface area contributed by atoms with Crippen molar-refractivity contribution in [3.8, 4) is 33.4 Å². The Bertz CT molecular complexity index is 3020. The number of thiophene rings is 1. The maximum atomic E-state index is 2.48. The van der Waals surface area contributed by atoms with Crippen LogP contribution in [-0.4, -0.2) is 0 Å². The van der Waals surface area contributed by atoms with Gasteiger partial charge in [-0.1, -0.05) is 188 Å². The molecular formula is C55H37NS. The van der Waals surface area contributed by atoms with Crippen molar-refractivity contribution in [2.75, 3.05) is 4.90 Å². The number of benzene rings is 9. The molecule has 0 saturated carbocycles. The normalized spacial score (nSPS) is 12.7. The van der Waals surface area contributed by atoms with Crippen LogP contribution in [0, 0.1) is 0 Å². The average molecular weight is 744 g/mol. The number of para-hydroxylation sites is 1. The SMILES string of the molecule is c1ccc(-c2cccc(N(c3ccccc3)c3ccc4c(c3)C(c3ccccc3)(c3ccccc3)c3ccccc3-4)c2-c2cccc3c2sc2ccccc23)cc1. The minimum atomic E-state index is -0.510. The summed E-state index contributed by atoms with van der Waals surface area (Å²) in [7, 11) is 0. The van der Waals surface area contributed by atoms with Crippen LogP contribution in [0.25, 0.3) is 53.6 Å². The standard InChI is InChI=1S/C55H37NS/c1-5-19-38(20-6-1)43-29-18-33-51(53(43)48-31-17-30-47-46-28-14-16-34-52(46)57-54(47)48)56(41-25-11-4-12-26-41)42-35-36-45-44-27-13-15-32-49(44)55(50(45)37-42,39-21-7-2-8-22-39)40-23-9-3-10-24-40/h1-37H. The van der Waals surface area contributed by atoms with Crippen LogP contribution in [0.5, 0.6) is 0 Å². The molecule has 9 aromatic carbocycles. The molecule has 0 aliphatic heterocycles. The van der Waals surface area contributed by atoms with E-state index in [-0.39, 0.29) is 0 Å². The van der Waals surface area contributed by atoms with Gasteiger partial charge in [0.15, 0.2) is 0 Å². The van der Waals surface area contributed by atoms with Gasteiger partial charge in [0.25, 0.3) is 0 Å². The highest BCUT2D eigenvalue weighted by Crippen LogP contribution is 2.58. The zero-order valence-corrected chi connectivity index (χ0v) is 32.0. The van der Waals surface area contributed by atoms with E-state index in [0.717, 1.165) is 17.1 Å². The summed E-state index contributed by atoms with van der Waals surface area (Å²) >= 11 is 1.88. The zero-order chi connectivity index (χ0) is 37.8. The predicted molar refractivity (Wildman–Crippen MR) is 242 cm³/mol. The number of anilines is 3. The first kappa shape index (κ1) is 33.3. The van der Waals surface area contributed by atoms with E-state index in [9.17, 15) is 0 Å². The van der Waals surface area contributed by atoms with Gasteiger partial charge in [-0.25, -0.2) is 0 Å². The van der Waals surface area contributed by atoms with E-state index in [2.05, 4.69) is 229 Å². The molecule has 11 rings (SSSR count). The summed E-state index contributed by atoms with van der Waals surface area (Å²) in [4.78, 5) is 2.48. The molecular weight excluding hydrogens is 707 g/mol. The highest BCUT2D eigenvalue weighted by atomic mass is 32.1. The van der Waals surface area contributed by atoms with Gasteiger partial charge in [0.2, 0.25) is 0 Å². The molecule has 0 unspecified atom stereocenters. The first-order valence-corrected chi connectivity index (χ1v) is 20.4. The number of hydrogen-bond donors (Lipinski definition) is 0. The van der Waals surface area contributed by atoms with Crippen LogP contribution < -0.4 is 4.90 Å². The molecule has 0 bridgehead atoms. The van der Waals surface area contributed by atoms with E-state index < -0.39 is 5.41 Å². The second-order valence-corrected chi connectivity index (χ2v) is 15.8. The number of rotatable bonds is 7. The maximum Gasteiger partial charge on any atom is 0.0714 e. The lowest BCUT2D eigenvalue weighted by atomic mass is 9.67. The molecule has 0 amide bonds. The van der Waals surface area contributed by atoms with Gasteiger partial charge in [-0.15, -0.1) is 11.3 Å². The number of nitrogens with zero attached hydrogens (tertiary/aromatic N) is 1. The third kappa shape index (κ3) is 5.22. The third-order valence-corrected chi connectivity index (χ3v) is 13.0. The molecule has 0 spiro atoms. The van der Waals surface area contributed by atoms with Gasteiger partial charge in [-0.2, -0.15) is 0 Å². The molecule has 10 aromatic rings. The lowest BCUT2D eigenvalue weighted by Gasteiger charge is -2.35. The molecule has 268 valence electrons. The Hall–Kier alpha value is -7.00. The minimum absolute atomic E-state index is 0.510. The molecule has 1 aliphatic rings. The van der Waals surface area contributed by atoms with Crippen molar-refractivity contribution in [3.63, 3.8) is 0 Å². The second-order valence-electron chi connectivity index (χ2n) is 14.8. The van der Waals surface area contributed by atoms with Crippen molar-refractivity contribution in [2.45, 2.75) is 5.41 Å². The molecule has 2 heteroatoms. The Morgan fingerprint density at radius 2 is 0.930 bits per heavy atom. The fourth-order valence-corrected chi connectivity index (χ4v) is 10.6. The molecule has 0 N–H and O–H groups in total. The maximum absolute atomic E-state index is 2.48. The Kier molecular flexibility index (Phi) is 7.98. The summed E-state index contributed by atoms with van der Waals surface area (Å²) < 4.78 is 2.60. The van der Waals surface area contributed by atoms with Crippen molar-refractivity contribution >= 4 is 48.6 Å². The monoisotopic (exact) mass is 743 g/mol. The van der Waals surface area contributed by atoms with E-state index in [1.54, 1.807) is 0 Å². The first-order chi connectivity index (χ1) is 28.3. The van der Waals surface area contributed by atoms with Crippen LogP contribution >= 0.6 is 11.3 Å². The summed E-state index contributed by atoms with van der Waals surface area (Å²) in [6, 6.07) is 82.5. The molecule has 1 nitrogen and oxygen atoms in total. The van der Waals surface area contributed by atoms with Crippen molar-refractivity contribution in [1.29, 1.82) is 0 Å². The van der Waals surface area contributed by atoms with Gasteiger partial charge >= 0.3 is 0 Å². The summed E-state index contributed by atoms with van der Waals surface area (Å²) in [5.74, 6) is 0. The van der Waals surface area contributed by atoms with Gasteiger partial charge in [-0.05, 0) is 80.9 Å². The Labute approximate surface area is 337 Å². The van der Waals surface area contributed by atoms with Crippen molar-refractivity contribution in [2.24, 2.45) is 0 Å². The average Bonchev–Trinajstić information content (AvgIpc) is 3.82. The van der Waals surface area contributed by atoms with Crippen LogP contribution in [0.1, 0.15) is 22.3 Å². The van der Waals surface area contributed by atoms with Crippen molar-refractivity contribution < 1.29 is 0 Å². The fourth-order valence-electron chi connectivity index (χ4n) is 9.39. The van der Waals surface area contributed by atoms with E-state index >= 15 is 0 Å². The number of hydrogen-bond acceptors (Lipinski definition) is 2. The minimum Gasteiger partial charge on any atom is -0.310 e. The molecule has 1 aliphatic carbocycles. The molecule has 0 fully saturated rings. The Balaban J connectivity index is 1.23. The second kappa shape index (κ2) is 13.6. The summed E-state index contributed by atoms with van der Waals surface area (Å²) in [5.41, 5.74) is 15.3. The summed E-state index contributed by atoms with van der Waals surface area (Å²) in [6.45, 7) is 0. The van der Waals surface area contributed by atoms with Crippen molar-refractivity contribution in [1.82, 2.24) is 0 Å². The van der Waals surface area contributed by atoms with Gasteiger partial charge in [0.05, 0.1) is 11.1 Å². The smallest absolute Gasteiger partial charge is 0.0714 e. The third-order valence-electron chi connectivity index (χ3n) is 11.8. The van der Waals surface area contributed by atoms with Crippen LogP contribution in [-0.2, 0) is 5.41 Å². The Morgan fingerprint density at radius 1 is 0.368 bits per heavy atom. The summed E-state index contributed by atoms with van der Waals surface area (Å²) in [5, 5.41) is 2.59. The lowest BCUT2D eigenvalue weighted by Crippen LogP contribution is -2.28. The quantitative estimate of drug-likeness (QED) is 0.157. The Morgan fingerprint density at radius 3 is 1.68 bits per heavy atom. The molecule has 1 heterocycles. The van der Waals surface area contributed by atoms with Crippen LogP contribution in [0.15, 0.2) is 224 Å². The van der Waals surface area contributed by atoms with Gasteiger partial charge in [0, 0.05) is 42.7 Å². The highest BCUT2D eigenvalue weighted by molar-refractivity contribution is 7.26. The topological polar surface area (TPSA) is 3.24 Å². The molecule has 0 saturated heterocycles. The van der Waals surface area contributed by atoms with Crippen molar-refractivity contribution in [3.05, 3.63) is 247 Å². The molecule has 0 atom stereocenters. The van der Waals surface area contributed by atoms with E-state index in [1.165, 1.54) is 75.8 Å².